The van der Waals surface area contributed by atoms with Crippen LogP contribution in [-0.2, 0) is 9.53 Å². The number of hydrogen-bond donors (Lipinski definition) is 1. The predicted octanol–water partition coefficient (Wildman–Crippen LogP) is 1.17. The molecule has 2 fully saturated rings. The molecule has 2 aliphatic heterocycles. The first-order valence-electron chi connectivity index (χ1n) is 6.76. The second kappa shape index (κ2) is 5.83. The molecule has 0 saturated carbocycles. The monoisotopic (exact) mass is 241 g/mol. The summed E-state index contributed by atoms with van der Waals surface area (Å²) in [5, 5.41) is 8.96. The van der Waals surface area contributed by atoms with E-state index in [4.69, 9.17) is 9.84 Å². The van der Waals surface area contributed by atoms with Gasteiger partial charge in [-0.1, -0.05) is 0 Å². The molecule has 2 rings (SSSR count). The third-order valence-corrected chi connectivity index (χ3v) is 3.88. The van der Waals surface area contributed by atoms with Crippen LogP contribution in [-0.4, -0.2) is 47.8 Å². The van der Waals surface area contributed by atoms with Gasteiger partial charge in [-0.3, -0.25) is 4.79 Å². The maximum atomic E-state index is 12.2. The normalized spacial score (nSPS) is 34.0. The molecule has 98 valence electrons. The lowest BCUT2D eigenvalue weighted by Crippen LogP contribution is -2.45. The van der Waals surface area contributed by atoms with E-state index in [0.29, 0.717) is 5.92 Å². The molecule has 0 bridgehead atoms. The Bertz CT molecular complexity index is 267. The third kappa shape index (κ3) is 3.19. The van der Waals surface area contributed by atoms with Gasteiger partial charge in [-0.25, -0.2) is 0 Å². The van der Waals surface area contributed by atoms with Crippen LogP contribution in [0.3, 0.4) is 0 Å². The van der Waals surface area contributed by atoms with Crippen molar-refractivity contribution in [1.82, 2.24) is 4.90 Å². The van der Waals surface area contributed by atoms with Crippen molar-refractivity contribution in [2.24, 2.45) is 5.92 Å². The number of nitrogens with zero attached hydrogens (tertiary/aromatic N) is 1. The van der Waals surface area contributed by atoms with Crippen LogP contribution < -0.4 is 0 Å². The zero-order valence-electron chi connectivity index (χ0n) is 10.6. The summed E-state index contributed by atoms with van der Waals surface area (Å²) in [7, 11) is 0. The largest absolute Gasteiger partial charge is 0.396 e. The molecule has 3 atom stereocenters. The minimum absolute atomic E-state index is 0.164. The fourth-order valence-electron chi connectivity index (χ4n) is 2.87. The van der Waals surface area contributed by atoms with Crippen LogP contribution >= 0.6 is 0 Å². The van der Waals surface area contributed by atoms with Crippen LogP contribution in [0.1, 0.15) is 39.0 Å². The first kappa shape index (κ1) is 12.8. The van der Waals surface area contributed by atoms with Crippen molar-refractivity contribution in [1.29, 1.82) is 0 Å². The van der Waals surface area contributed by atoms with E-state index in [1.807, 2.05) is 11.8 Å². The fourth-order valence-corrected chi connectivity index (χ4v) is 2.87. The van der Waals surface area contributed by atoms with E-state index >= 15 is 0 Å². The Balaban J connectivity index is 1.86. The molecule has 4 heteroatoms. The standard InChI is InChI=1S/C13H23NO3/c1-10-4-5-12(17-10)13(16)14-7-2-3-11(9-14)6-8-15/h10-12,15H,2-9H2,1H3. The summed E-state index contributed by atoms with van der Waals surface area (Å²) in [4.78, 5) is 14.2. The molecule has 0 aromatic rings. The predicted molar refractivity (Wildman–Crippen MR) is 64.6 cm³/mol. The highest BCUT2D eigenvalue weighted by Gasteiger charge is 2.33. The summed E-state index contributed by atoms with van der Waals surface area (Å²) in [6.07, 6.45) is 4.86. The summed E-state index contributed by atoms with van der Waals surface area (Å²) < 4.78 is 5.63. The van der Waals surface area contributed by atoms with Crippen molar-refractivity contribution in [2.45, 2.75) is 51.2 Å². The molecular weight excluding hydrogens is 218 g/mol. The summed E-state index contributed by atoms with van der Waals surface area (Å²) >= 11 is 0. The Labute approximate surface area is 103 Å². The molecule has 4 nitrogen and oxygen atoms in total. The van der Waals surface area contributed by atoms with E-state index in [1.165, 1.54) is 0 Å². The van der Waals surface area contributed by atoms with Crippen LogP contribution in [0.4, 0.5) is 0 Å². The first-order chi connectivity index (χ1) is 8.20. The summed E-state index contributed by atoms with van der Waals surface area (Å²) in [6.45, 7) is 3.91. The number of piperidine rings is 1. The Morgan fingerprint density at radius 3 is 2.88 bits per heavy atom. The number of hydrogen-bond acceptors (Lipinski definition) is 3. The minimum atomic E-state index is -0.210. The zero-order chi connectivity index (χ0) is 12.3. The van der Waals surface area contributed by atoms with Gasteiger partial charge < -0.3 is 14.7 Å². The lowest BCUT2D eigenvalue weighted by Gasteiger charge is -2.34. The maximum Gasteiger partial charge on any atom is 0.251 e. The van der Waals surface area contributed by atoms with Gasteiger partial charge in [0.2, 0.25) is 0 Å². The number of likely N-dealkylation sites (tertiary alicyclic amines) is 1. The third-order valence-electron chi connectivity index (χ3n) is 3.88. The average molecular weight is 241 g/mol. The van der Waals surface area contributed by atoms with Crippen LogP contribution in [0.25, 0.3) is 0 Å². The van der Waals surface area contributed by atoms with Gasteiger partial charge in [-0.15, -0.1) is 0 Å². The second-order valence-corrected chi connectivity index (χ2v) is 5.32. The molecule has 0 radical (unpaired) electrons. The Hall–Kier alpha value is -0.610. The van der Waals surface area contributed by atoms with E-state index in [-0.39, 0.29) is 24.7 Å². The topological polar surface area (TPSA) is 49.8 Å². The molecule has 2 aliphatic rings. The molecule has 1 amide bonds. The van der Waals surface area contributed by atoms with Gasteiger partial charge >= 0.3 is 0 Å². The Morgan fingerprint density at radius 1 is 1.41 bits per heavy atom. The lowest BCUT2D eigenvalue weighted by atomic mass is 9.94. The van der Waals surface area contributed by atoms with E-state index < -0.39 is 0 Å². The Kier molecular flexibility index (Phi) is 4.40. The summed E-state index contributed by atoms with van der Waals surface area (Å²) in [6, 6.07) is 0. The lowest BCUT2D eigenvalue weighted by molar-refractivity contribution is -0.144. The Morgan fingerprint density at radius 2 is 2.24 bits per heavy atom. The number of ether oxygens (including phenoxy) is 1. The van der Waals surface area contributed by atoms with E-state index in [2.05, 4.69) is 0 Å². The number of aliphatic hydroxyl groups is 1. The number of carbonyl (C=O) groups excluding carboxylic acids is 1. The van der Waals surface area contributed by atoms with Gasteiger partial charge in [0, 0.05) is 19.7 Å². The van der Waals surface area contributed by atoms with E-state index in [0.717, 1.165) is 45.2 Å². The highest BCUT2D eigenvalue weighted by Crippen LogP contribution is 2.24. The van der Waals surface area contributed by atoms with Crippen molar-refractivity contribution in [3.63, 3.8) is 0 Å². The number of carbonyl (C=O) groups is 1. The first-order valence-corrected chi connectivity index (χ1v) is 6.76. The molecule has 0 aromatic carbocycles. The highest BCUT2D eigenvalue weighted by atomic mass is 16.5. The van der Waals surface area contributed by atoms with Crippen LogP contribution in [0.5, 0.6) is 0 Å². The smallest absolute Gasteiger partial charge is 0.251 e. The molecule has 2 saturated heterocycles. The fraction of sp³-hybridized carbons (Fsp3) is 0.923. The van der Waals surface area contributed by atoms with Crippen LogP contribution in [0.15, 0.2) is 0 Å². The quantitative estimate of drug-likeness (QED) is 0.807. The molecule has 17 heavy (non-hydrogen) atoms. The molecule has 0 spiro atoms. The molecular formula is C13H23NO3. The molecule has 1 N–H and O–H groups in total. The number of rotatable bonds is 3. The number of aliphatic hydroxyl groups excluding tert-OH is 1. The van der Waals surface area contributed by atoms with E-state index in [1.54, 1.807) is 0 Å². The van der Waals surface area contributed by atoms with Crippen molar-refractivity contribution in [3.05, 3.63) is 0 Å². The molecule has 3 unspecified atom stereocenters. The molecule has 2 heterocycles. The van der Waals surface area contributed by atoms with E-state index in [9.17, 15) is 4.79 Å². The number of amides is 1. The summed E-state index contributed by atoms with van der Waals surface area (Å²) in [5.74, 6) is 0.633. The minimum Gasteiger partial charge on any atom is -0.396 e. The second-order valence-electron chi connectivity index (χ2n) is 5.32. The SMILES string of the molecule is CC1CCC(C(=O)N2CCCC(CCO)C2)O1. The van der Waals surface area contributed by atoms with Gasteiger partial charge in [0.1, 0.15) is 6.10 Å². The van der Waals surface area contributed by atoms with Gasteiger partial charge in [0.15, 0.2) is 0 Å². The highest BCUT2D eigenvalue weighted by molar-refractivity contribution is 5.81. The van der Waals surface area contributed by atoms with Crippen LogP contribution in [0, 0.1) is 5.92 Å². The van der Waals surface area contributed by atoms with Crippen molar-refractivity contribution in [3.8, 4) is 0 Å². The van der Waals surface area contributed by atoms with Crippen molar-refractivity contribution in [2.75, 3.05) is 19.7 Å². The molecule has 0 aliphatic carbocycles. The molecule has 0 aromatic heterocycles. The van der Waals surface area contributed by atoms with Gasteiger partial charge in [-0.05, 0) is 44.9 Å². The van der Waals surface area contributed by atoms with Gasteiger partial charge in [0.05, 0.1) is 6.10 Å². The van der Waals surface area contributed by atoms with Gasteiger partial charge in [0.25, 0.3) is 5.91 Å². The summed E-state index contributed by atoms with van der Waals surface area (Å²) in [5.41, 5.74) is 0. The van der Waals surface area contributed by atoms with Crippen molar-refractivity contribution < 1.29 is 14.6 Å². The average Bonchev–Trinajstić information content (AvgIpc) is 2.76. The van der Waals surface area contributed by atoms with Crippen LogP contribution in [0.2, 0.25) is 0 Å². The maximum absolute atomic E-state index is 12.2. The zero-order valence-corrected chi connectivity index (χ0v) is 10.6. The van der Waals surface area contributed by atoms with Gasteiger partial charge in [-0.2, -0.15) is 0 Å². The van der Waals surface area contributed by atoms with Crippen molar-refractivity contribution >= 4 is 5.91 Å².